The minimum atomic E-state index is -0.488. The van der Waals surface area contributed by atoms with Gasteiger partial charge in [0.15, 0.2) is 0 Å². The van der Waals surface area contributed by atoms with Gasteiger partial charge in [-0.25, -0.2) is 0 Å². The van der Waals surface area contributed by atoms with Gasteiger partial charge in [-0.1, -0.05) is 56.3 Å². The number of aromatic nitrogens is 1. The Morgan fingerprint density at radius 3 is 2.58 bits per heavy atom. The van der Waals surface area contributed by atoms with Gasteiger partial charge in [0, 0.05) is 31.6 Å². The molecule has 0 aliphatic carbocycles. The number of nitrogens with zero attached hydrogens (tertiary/aromatic N) is 2. The summed E-state index contributed by atoms with van der Waals surface area (Å²) in [6, 6.07) is 11.4. The zero-order valence-corrected chi connectivity index (χ0v) is 15.0. The highest BCUT2D eigenvalue weighted by Gasteiger charge is 2.29. The van der Waals surface area contributed by atoms with Crippen molar-refractivity contribution in [1.29, 1.82) is 0 Å². The maximum Gasteiger partial charge on any atom is 0.239 e. The molecule has 0 spiro atoms. The molecule has 0 aliphatic heterocycles. The lowest BCUT2D eigenvalue weighted by atomic mass is 9.86. The highest BCUT2D eigenvalue weighted by molar-refractivity contribution is 5.82. The SMILES string of the molecule is CN(CCCc1cc(-c2ccccc2)no1)C(=O)[C@@H](N)C(C)(C)C. The minimum Gasteiger partial charge on any atom is -0.361 e. The molecule has 2 N–H and O–H groups in total. The highest BCUT2D eigenvalue weighted by Crippen LogP contribution is 2.20. The molecule has 1 heterocycles. The number of hydrogen-bond acceptors (Lipinski definition) is 4. The fourth-order valence-electron chi connectivity index (χ4n) is 2.38. The van der Waals surface area contributed by atoms with E-state index in [1.807, 2.05) is 57.2 Å². The molecule has 0 radical (unpaired) electrons. The maximum atomic E-state index is 12.3. The summed E-state index contributed by atoms with van der Waals surface area (Å²) in [4.78, 5) is 14.0. The summed E-state index contributed by atoms with van der Waals surface area (Å²) in [7, 11) is 1.80. The molecule has 0 fully saturated rings. The molecule has 24 heavy (non-hydrogen) atoms. The van der Waals surface area contributed by atoms with Crippen molar-refractivity contribution in [2.24, 2.45) is 11.1 Å². The number of aryl methyl sites for hydroxylation is 1. The Hall–Kier alpha value is -2.14. The van der Waals surface area contributed by atoms with Crippen molar-refractivity contribution in [3.8, 4) is 11.3 Å². The number of rotatable bonds is 6. The number of carbonyl (C=O) groups is 1. The monoisotopic (exact) mass is 329 g/mol. The van der Waals surface area contributed by atoms with Crippen LogP contribution in [0.2, 0.25) is 0 Å². The average Bonchev–Trinajstić information content (AvgIpc) is 3.02. The van der Waals surface area contributed by atoms with Gasteiger partial charge in [0.05, 0.1) is 6.04 Å². The first-order valence-corrected chi connectivity index (χ1v) is 8.30. The van der Waals surface area contributed by atoms with Crippen molar-refractivity contribution in [2.45, 2.75) is 39.7 Å². The van der Waals surface area contributed by atoms with Gasteiger partial charge in [-0.05, 0) is 11.8 Å². The molecule has 1 aromatic heterocycles. The van der Waals surface area contributed by atoms with Crippen LogP contribution in [0, 0.1) is 5.41 Å². The van der Waals surface area contributed by atoms with Crippen LogP contribution in [0.5, 0.6) is 0 Å². The molecule has 2 aromatic rings. The summed E-state index contributed by atoms with van der Waals surface area (Å²) in [5.74, 6) is 0.805. The van der Waals surface area contributed by atoms with E-state index in [0.717, 1.165) is 29.9 Å². The quantitative estimate of drug-likeness (QED) is 0.884. The van der Waals surface area contributed by atoms with Crippen LogP contribution in [0.25, 0.3) is 11.3 Å². The van der Waals surface area contributed by atoms with Crippen LogP contribution in [0.1, 0.15) is 33.0 Å². The molecule has 0 saturated heterocycles. The van der Waals surface area contributed by atoms with Gasteiger partial charge >= 0.3 is 0 Å². The van der Waals surface area contributed by atoms with Crippen LogP contribution >= 0.6 is 0 Å². The van der Waals surface area contributed by atoms with Crippen LogP contribution in [0.3, 0.4) is 0 Å². The first-order chi connectivity index (χ1) is 11.3. The summed E-state index contributed by atoms with van der Waals surface area (Å²) in [6.07, 6.45) is 1.55. The molecule has 130 valence electrons. The van der Waals surface area contributed by atoms with E-state index < -0.39 is 6.04 Å². The number of nitrogens with two attached hydrogens (primary N) is 1. The van der Waals surface area contributed by atoms with Crippen LogP contribution in [-0.4, -0.2) is 35.6 Å². The van der Waals surface area contributed by atoms with Crippen molar-refractivity contribution in [3.63, 3.8) is 0 Å². The molecule has 1 aromatic carbocycles. The zero-order valence-electron chi connectivity index (χ0n) is 15.0. The minimum absolute atomic E-state index is 0.0231. The molecule has 2 rings (SSSR count). The third-order valence-electron chi connectivity index (χ3n) is 4.12. The number of benzene rings is 1. The van der Waals surface area contributed by atoms with Crippen molar-refractivity contribution >= 4 is 5.91 Å². The lowest BCUT2D eigenvalue weighted by molar-refractivity contribution is -0.133. The Morgan fingerprint density at radius 1 is 1.29 bits per heavy atom. The summed E-state index contributed by atoms with van der Waals surface area (Å²) >= 11 is 0. The zero-order chi connectivity index (χ0) is 17.7. The van der Waals surface area contributed by atoms with E-state index in [1.165, 1.54) is 0 Å². The second kappa shape index (κ2) is 7.62. The molecule has 0 saturated carbocycles. The van der Waals surface area contributed by atoms with E-state index >= 15 is 0 Å². The van der Waals surface area contributed by atoms with Gasteiger partial charge in [-0.2, -0.15) is 0 Å². The molecule has 5 nitrogen and oxygen atoms in total. The predicted octanol–water partition coefficient (Wildman–Crippen LogP) is 3.11. The van der Waals surface area contributed by atoms with Crippen molar-refractivity contribution in [2.75, 3.05) is 13.6 Å². The lowest BCUT2D eigenvalue weighted by Gasteiger charge is -2.29. The van der Waals surface area contributed by atoms with Gasteiger partial charge in [-0.3, -0.25) is 4.79 Å². The second-order valence-corrected chi connectivity index (χ2v) is 7.25. The van der Waals surface area contributed by atoms with E-state index in [4.69, 9.17) is 10.3 Å². The van der Waals surface area contributed by atoms with E-state index in [1.54, 1.807) is 11.9 Å². The standard InChI is InChI=1S/C19H27N3O2/c1-19(2,3)17(20)18(23)22(4)12-8-11-15-13-16(21-24-15)14-9-6-5-7-10-14/h5-7,9-10,13,17H,8,11-12,20H2,1-4H3/t17-/m1/s1. The Bertz CT molecular complexity index is 659. The molecule has 1 amide bonds. The summed E-state index contributed by atoms with van der Waals surface area (Å²) in [5, 5.41) is 4.10. The smallest absolute Gasteiger partial charge is 0.239 e. The predicted molar refractivity (Wildman–Crippen MR) is 95.3 cm³/mol. The summed E-state index contributed by atoms with van der Waals surface area (Å²) in [6.45, 7) is 6.57. The molecule has 1 atom stereocenters. The van der Waals surface area contributed by atoms with E-state index in [2.05, 4.69) is 5.16 Å². The lowest BCUT2D eigenvalue weighted by Crippen LogP contribution is -2.49. The largest absolute Gasteiger partial charge is 0.361 e. The number of carbonyl (C=O) groups excluding carboxylic acids is 1. The van der Waals surface area contributed by atoms with Gasteiger partial charge in [0.25, 0.3) is 0 Å². The fraction of sp³-hybridized carbons (Fsp3) is 0.474. The molecule has 0 aliphatic rings. The Balaban J connectivity index is 1.84. The van der Waals surface area contributed by atoms with E-state index in [0.29, 0.717) is 6.54 Å². The van der Waals surface area contributed by atoms with Gasteiger partial charge in [0.1, 0.15) is 11.5 Å². The Morgan fingerprint density at radius 2 is 1.96 bits per heavy atom. The molecular formula is C19H27N3O2. The molecular weight excluding hydrogens is 302 g/mol. The topological polar surface area (TPSA) is 72.4 Å². The van der Waals surface area contributed by atoms with Crippen LogP contribution in [0.15, 0.2) is 40.9 Å². The molecule has 0 unspecified atom stereocenters. The number of hydrogen-bond donors (Lipinski definition) is 1. The second-order valence-electron chi connectivity index (χ2n) is 7.25. The first-order valence-electron chi connectivity index (χ1n) is 8.30. The van der Waals surface area contributed by atoms with Crippen molar-refractivity contribution < 1.29 is 9.32 Å². The molecule has 0 bridgehead atoms. The number of amides is 1. The van der Waals surface area contributed by atoms with Crippen LogP contribution < -0.4 is 5.73 Å². The summed E-state index contributed by atoms with van der Waals surface area (Å²) in [5.41, 5.74) is 7.67. The number of likely N-dealkylation sites (N-methyl/N-ethyl adjacent to an activating group) is 1. The average molecular weight is 329 g/mol. The van der Waals surface area contributed by atoms with Crippen molar-refractivity contribution in [1.82, 2.24) is 10.1 Å². The third kappa shape index (κ3) is 4.68. The van der Waals surface area contributed by atoms with Crippen molar-refractivity contribution in [3.05, 3.63) is 42.2 Å². The van der Waals surface area contributed by atoms with E-state index in [-0.39, 0.29) is 11.3 Å². The van der Waals surface area contributed by atoms with Crippen LogP contribution in [-0.2, 0) is 11.2 Å². The van der Waals surface area contributed by atoms with E-state index in [9.17, 15) is 4.79 Å². The van der Waals surface area contributed by atoms with Gasteiger partial charge < -0.3 is 15.2 Å². The van der Waals surface area contributed by atoms with Gasteiger partial charge in [-0.15, -0.1) is 0 Å². The maximum absolute atomic E-state index is 12.3. The third-order valence-corrected chi connectivity index (χ3v) is 4.12. The van der Waals surface area contributed by atoms with Crippen LogP contribution in [0.4, 0.5) is 0 Å². The Kier molecular flexibility index (Phi) is 5.78. The van der Waals surface area contributed by atoms with Gasteiger partial charge in [0.2, 0.25) is 5.91 Å². The highest BCUT2D eigenvalue weighted by atomic mass is 16.5. The first kappa shape index (κ1) is 18.2. The normalized spacial score (nSPS) is 12.9. The fourth-order valence-corrected chi connectivity index (χ4v) is 2.38. The molecule has 5 heteroatoms. The Labute approximate surface area is 143 Å². The summed E-state index contributed by atoms with van der Waals surface area (Å²) < 4.78 is 5.38.